The van der Waals surface area contributed by atoms with Gasteiger partial charge in [0.25, 0.3) is 5.69 Å². The summed E-state index contributed by atoms with van der Waals surface area (Å²) in [6.07, 6.45) is 0. The molecule has 0 spiro atoms. The van der Waals surface area contributed by atoms with Crippen LogP contribution in [-0.4, -0.2) is 10.8 Å². The van der Waals surface area contributed by atoms with E-state index in [-0.39, 0.29) is 11.6 Å². The van der Waals surface area contributed by atoms with Crippen molar-refractivity contribution < 1.29 is 9.72 Å². The van der Waals surface area contributed by atoms with E-state index in [2.05, 4.69) is 5.32 Å². The second kappa shape index (κ2) is 5.30. The second-order valence-electron chi connectivity index (χ2n) is 4.07. The van der Waals surface area contributed by atoms with E-state index in [9.17, 15) is 14.9 Å². The number of anilines is 1. The van der Waals surface area contributed by atoms with Gasteiger partial charge in [0, 0.05) is 24.7 Å². The zero-order valence-corrected chi connectivity index (χ0v) is 10.3. The second-order valence-corrected chi connectivity index (χ2v) is 4.07. The highest BCUT2D eigenvalue weighted by Crippen LogP contribution is 2.24. The van der Waals surface area contributed by atoms with Gasteiger partial charge in [0.05, 0.1) is 4.92 Å². The van der Waals surface area contributed by atoms with E-state index in [1.54, 1.807) is 24.3 Å². The van der Waals surface area contributed by atoms with Crippen molar-refractivity contribution in [2.75, 3.05) is 5.32 Å². The largest absolute Gasteiger partial charge is 0.326 e. The first-order valence-corrected chi connectivity index (χ1v) is 5.69. The summed E-state index contributed by atoms with van der Waals surface area (Å²) in [5, 5.41) is 13.4. The van der Waals surface area contributed by atoms with E-state index in [4.69, 9.17) is 0 Å². The Hall–Kier alpha value is -2.69. The van der Waals surface area contributed by atoms with Gasteiger partial charge in [0.15, 0.2) is 0 Å². The van der Waals surface area contributed by atoms with Crippen LogP contribution < -0.4 is 5.32 Å². The zero-order chi connectivity index (χ0) is 13.8. The van der Waals surface area contributed by atoms with E-state index >= 15 is 0 Å². The SMILES string of the molecule is CC(=O)Nc1ccc(-c2cccc([N+](=O)[O-])c2)cc1. The van der Waals surface area contributed by atoms with Crippen LogP contribution >= 0.6 is 0 Å². The zero-order valence-electron chi connectivity index (χ0n) is 10.3. The van der Waals surface area contributed by atoms with Crippen molar-refractivity contribution in [1.82, 2.24) is 0 Å². The number of nitrogens with zero attached hydrogens (tertiary/aromatic N) is 1. The Morgan fingerprint density at radius 1 is 1.11 bits per heavy atom. The molecule has 0 saturated carbocycles. The summed E-state index contributed by atoms with van der Waals surface area (Å²) in [5.41, 5.74) is 2.38. The van der Waals surface area contributed by atoms with E-state index in [0.717, 1.165) is 11.1 Å². The first-order valence-electron chi connectivity index (χ1n) is 5.69. The highest BCUT2D eigenvalue weighted by Gasteiger charge is 2.07. The van der Waals surface area contributed by atoms with Gasteiger partial charge in [-0.05, 0) is 23.3 Å². The number of hydrogen-bond donors (Lipinski definition) is 1. The molecule has 0 aliphatic heterocycles. The van der Waals surface area contributed by atoms with Crippen LogP contribution in [0.2, 0.25) is 0 Å². The van der Waals surface area contributed by atoms with Crippen LogP contribution in [0.3, 0.4) is 0 Å². The van der Waals surface area contributed by atoms with Crippen molar-refractivity contribution in [1.29, 1.82) is 0 Å². The summed E-state index contributed by atoms with van der Waals surface area (Å²) in [5.74, 6) is -0.136. The van der Waals surface area contributed by atoms with E-state index in [1.807, 2.05) is 12.1 Å². The maximum Gasteiger partial charge on any atom is 0.270 e. The summed E-state index contributed by atoms with van der Waals surface area (Å²) in [4.78, 5) is 21.2. The minimum atomic E-state index is -0.421. The number of carbonyl (C=O) groups excluding carboxylic acids is 1. The Labute approximate surface area is 110 Å². The van der Waals surface area contributed by atoms with Gasteiger partial charge in [-0.1, -0.05) is 24.3 Å². The highest BCUT2D eigenvalue weighted by atomic mass is 16.6. The van der Waals surface area contributed by atoms with Crippen molar-refractivity contribution >= 4 is 17.3 Å². The predicted molar refractivity (Wildman–Crippen MR) is 72.8 cm³/mol. The lowest BCUT2D eigenvalue weighted by atomic mass is 10.0. The molecule has 5 nitrogen and oxygen atoms in total. The molecule has 0 heterocycles. The number of nitrogens with one attached hydrogen (secondary N) is 1. The highest BCUT2D eigenvalue weighted by molar-refractivity contribution is 5.89. The fraction of sp³-hybridized carbons (Fsp3) is 0.0714. The fourth-order valence-corrected chi connectivity index (χ4v) is 1.75. The molecule has 1 N–H and O–H groups in total. The molecule has 19 heavy (non-hydrogen) atoms. The molecule has 0 saturated heterocycles. The predicted octanol–water partition coefficient (Wildman–Crippen LogP) is 3.22. The smallest absolute Gasteiger partial charge is 0.270 e. The minimum Gasteiger partial charge on any atom is -0.326 e. The quantitative estimate of drug-likeness (QED) is 0.677. The maximum atomic E-state index is 10.9. The molecule has 0 bridgehead atoms. The van der Waals surface area contributed by atoms with Gasteiger partial charge < -0.3 is 5.32 Å². The molecule has 0 atom stereocenters. The molecular formula is C14H12N2O3. The molecule has 2 rings (SSSR count). The standard InChI is InChI=1S/C14H12N2O3/c1-10(17)15-13-7-5-11(6-8-13)12-3-2-4-14(9-12)16(18)19/h2-9H,1H3,(H,15,17). The molecule has 1 amide bonds. The van der Waals surface area contributed by atoms with Crippen molar-refractivity contribution in [3.8, 4) is 11.1 Å². The van der Waals surface area contributed by atoms with Crippen LogP contribution in [-0.2, 0) is 4.79 Å². The first-order chi connectivity index (χ1) is 9.06. The lowest BCUT2D eigenvalue weighted by molar-refractivity contribution is -0.384. The Bertz CT molecular complexity index is 621. The molecular weight excluding hydrogens is 244 g/mol. The minimum absolute atomic E-state index is 0.0587. The van der Waals surface area contributed by atoms with Crippen LogP contribution in [0.5, 0.6) is 0 Å². The van der Waals surface area contributed by atoms with Gasteiger partial charge in [-0.3, -0.25) is 14.9 Å². The summed E-state index contributed by atoms with van der Waals surface area (Å²) >= 11 is 0. The Morgan fingerprint density at radius 3 is 2.37 bits per heavy atom. The van der Waals surface area contributed by atoms with E-state index < -0.39 is 4.92 Å². The lowest BCUT2D eigenvalue weighted by Gasteiger charge is -2.05. The molecule has 0 radical (unpaired) electrons. The maximum absolute atomic E-state index is 10.9. The third kappa shape index (κ3) is 3.16. The number of carbonyl (C=O) groups is 1. The Kier molecular flexibility index (Phi) is 3.56. The lowest BCUT2D eigenvalue weighted by Crippen LogP contribution is -2.05. The molecule has 0 fully saturated rings. The summed E-state index contributed by atoms with van der Waals surface area (Å²) in [6, 6.07) is 13.6. The van der Waals surface area contributed by atoms with Crippen molar-refractivity contribution in [2.24, 2.45) is 0 Å². The van der Waals surface area contributed by atoms with Gasteiger partial charge in [-0.25, -0.2) is 0 Å². The molecule has 2 aromatic rings. The van der Waals surface area contributed by atoms with E-state index in [1.165, 1.54) is 19.1 Å². The van der Waals surface area contributed by atoms with Gasteiger partial charge in [0.2, 0.25) is 5.91 Å². The third-order valence-electron chi connectivity index (χ3n) is 2.60. The molecule has 5 heteroatoms. The molecule has 0 unspecified atom stereocenters. The number of hydrogen-bond acceptors (Lipinski definition) is 3. The monoisotopic (exact) mass is 256 g/mol. The topological polar surface area (TPSA) is 72.2 Å². The summed E-state index contributed by atoms with van der Waals surface area (Å²) in [7, 11) is 0. The van der Waals surface area contributed by atoms with Crippen LogP contribution in [0.4, 0.5) is 11.4 Å². The van der Waals surface area contributed by atoms with Crippen molar-refractivity contribution in [3.63, 3.8) is 0 Å². The average Bonchev–Trinajstić information content (AvgIpc) is 2.39. The average molecular weight is 256 g/mol. The first kappa shape index (κ1) is 12.8. The van der Waals surface area contributed by atoms with Crippen LogP contribution in [0.1, 0.15) is 6.92 Å². The van der Waals surface area contributed by atoms with Crippen LogP contribution in [0, 0.1) is 10.1 Å². The Morgan fingerprint density at radius 2 is 1.79 bits per heavy atom. The number of rotatable bonds is 3. The number of benzene rings is 2. The number of nitro benzene ring substituents is 1. The molecule has 2 aromatic carbocycles. The van der Waals surface area contributed by atoms with Gasteiger partial charge in [-0.15, -0.1) is 0 Å². The van der Waals surface area contributed by atoms with Crippen molar-refractivity contribution in [2.45, 2.75) is 6.92 Å². The van der Waals surface area contributed by atoms with Crippen molar-refractivity contribution in [3.05, 3.63) is 58.6 Å². The van der Waals surface area contributed by atoms with Crippen LogP contribution in [0.25, 0.3) is 11.1 Å². The Balaban J connectivity index is 2.29. The van der Waals surface area contributed by atoms with Gasteiger partial charge >= 0.3 is 0 Å². The number of non-ortho nitro benzene ring substituents is 1. The molecule has 0 aliphatic carbocycles. The van der Waals surface area contributed by atoms with Gasteiger partial charge in [0.1, 0.15) is 0 Å². The summed E-state index contributed by atoms with van der Waals surface area (Å²) in [6.45, 7) is 1.44. The summed E-state index contributed by atoms with van der Waals surface area (Å²) < 4.78 is 0. The fourth-order valence-electron chi connectivity index (χ4n) is 1.75. The molecule has 0 aliphatic rings. The normalized spacial score (nSPS) is 9.95. The number of nitro groups is 1. The molecule has 0 aromatic heterocycles. The third-order valence-corrected chi connectivity index (χ3v) is 2.60. The van der Waals surface area contributed by atoms with E-state index in [0.29, 0.717) is 5.69 Å². The van der Waals surface area contributed by atoms with Gasteiger partial charge in [-0.2, -0.15) is 0 Å². The number of amides is 1. The molecule has 96 valence electrons. The van der Waals surface area contributed by atoms with Crippen LogP contribution in [0.15, 0.2) is 48.5 Å².